The van der Waals surface area contributed by atoms with E-state index in [-0.39, 0.29) is 0 Å². The first kappa shape index (κ1) is 16.5. The highest BCUT2D eigenvalue weighted by Gasteiger charge is 2.15. The molecule has 0 aliphatic carbocycles. The van der Waals surface area contributed by atoms with Crippen molar-refractivity contribution in [3.05, 3.63) is 29.3 Å². The maximum Gasteiger partial charge on any atom is 0.170 e. The lowest BCUT2D eigenvalue weighted by molar-refractivity contribution is 0.182. The third-order valence-corrected chi connectivity index (χ3v) is 4.38. The number of benzene rings is 1. The van der Waals surface area contributed by atoms with Gasteiger partial charge in [-0.25, -0.2) is 0 Å². The van der Waals surface area contributed by atoms with Crippen LogP contribution < -0.4 is 10.6 Å². The molecule has 1 atom stereocenters. The van der Waals surface area contributed by atoms with Crippen LogP contribution in [-0.2, 0) is 0 Å². The van der Waals surface area contributed by atoms with Crippen LogP contribution in [0, 0.1) is 5.92 Å². The third-order valence-electron chi connectivity index (χ3n) is 3.80. The highest BCUT2D eigenvalue weighted by atomic mass is 35.5. The fourth-order valence-corrected chi connectivity index (χ4v) is 3.12. The van der Waals surface area contributed by atoms with Crippen LogP contribution in [-0.4, -0.2) is 36.2 Å². The van der Waals surface area contributed by atoms with Gasteiger partial charge in [0.25, 0.3) is 0 Å². The number of nitrogens with zero attached hydrogens (tertiary/aromatic N) is 1. The van der Waals surface area contributed by atoms with E-state index in [9.17, 15) is 0 Å². The standard InChI is InChI=1S/C16H24ClN3S/c1-13-6-4-10-20(12-13)11-5-9-18-16(21)19-15-8-3-2-7-14(15)17/h2-3,7-8,13H,4-6,9-12H2,1H3,(H2,18,19,21). The Balaban J connectivity index is 1.62. The van der Waals surface area contributed by atoms with Crippen molar-refractivity contribution in [1.82, 2.24) is 10.2 Å². The Morgan fingerprint density at radius 3 is 3.00 bits per heavy atom. The maximum atomic E-state index is 6.09. The molecule has 1 aromatic rings. The molecule has 1 saturated heterocycles. The highest BCUT2D eigenvalue weighted by molar-refractivity contribution is 7.80. The van der Waals surface area contributed by atoms with Crippen molar-refractivity contribution in [2.24, 2.45) is 5.92 Å². The molecule has 1 heterocycles. The summed E-state index contributed by atoms with van der Waals surface area (Å²) in [6.07, 6.45) is 3.82. The molecule has 2 N–H and O–H groups in total. The average molecular weight is 326 g/mol. The molecule has 1 aliphatic rings. The second kappa shape index (κ2) is 8.57. The first-order valence-corrected chi connectivity index (χ1v) is 8.45. The van der Waals surface area contributed by atoms with Gasteiger partial charge in [-0.05, 0) is 62.6 Å². The van der Waals surface area contributed by atoms with Gasteiger partial charge in [-0.15, -0.1) is 0 Å². The fraction of sp³-hybridized carbons (Fsp3) is 0.562. The van der Waals surface area contributed by atoms with Crippen molar-refractivity contribution in [3.63, 3.8) is 0 Å². The molecule has 21 heavy (non-hydrogen) atoms. The van der Waals surface area contributed by atoms with Crippen LogP contribution in [0.1, 0.15) is 26.2 Å². The van der Waals surface area contributed by atoms with Crippen molar-refractivity contribution in [3.8, 4) is 0 Å². The minimum atomic E-state index is 0.634. The monoisotopic (exact) mass is 325 g/mol. The third kappa shape index (κ3) is 5.81. The first-order chi connectivity index (χ1) is 10.1. The molecule has 0 bridgehead atoms. The Hall–Kier alpha value is -0.840. The number of likely N-dealkylation sites (tertiary alicyclic amines) is 1. The summed E-state index contributed by atoms with van der Waals surface area (Å²) >= 11 is 11.4. The summed E-state index contributed by atoms with van der Waals surface area (Å²) < 4.78 is 0. The molecule has 1 aliphatic heterocycles. The number of thiocarbonyl (C=S) groups is 1. The number of para-hydroxylation sites is 1. The Kier molecular flexibility index (Phi) is 6.74. The van der Waals surface area contributed by atoms with Gasteiger partial charge in [0.05, 0.1) is 10.7 Å². The number of anilines is 1. The molecule has 116 valence electrons. The molecule has 3 nitrogen and oxygen atoms in total. The summed E-state index contributed by atoms with van der Waals surface area (Å²) in [6, 6.07) is 7.62. The van der Waals surface area contributed by atoms with E-state index in [0.29, 0.717) is 10.1 Å². The summed E-state index contributed by atoms with van der Waals surface area (Å²) in [5, 5.41) is 7.69. The molecular formula is C16H24ClN3S. The molecule has 0 radical (unpaired) electrons. The smallest absolute Gasteiger partial charge is 0.170 e. The van der Waals surface area contributed by atoms with Crippen LogP contribution in [0.3, 0.4) is 0 Å². The topological polar surface area (TPSA) is 27.3 Å². The van der Waals surface area contributed by atoms with E-state index in [1.807, 2.05) is 24.3 Å². The molecular weight excluding hydrogens is 302 g/mol. The van der Waals surface area contributed by atoms with Crippen molar-refractivity contribution in [2.45, 2.75) is 26.2 Å². The van der Waals surface area contributed by atoms with Gasteiger partial charge in [-0.2, -0.15) is 0 Å². The van der Waals surface area contributed by atoms with Gasteiger partial charge in [0.1, 0.15) is 0 Å². The van der Waals surface area contributed by atoms with Crippen molar-refractivity contribution >= 4 is 34.6 Å². The lowest BCUT2D eigenvalue weighted by Crippen LogP contribution is -2.37. The van der Waals surface area contributed by atoms with Gasteiger partial charge in [0.2, 0.25) is 0 Å². The van der Waals surface area contributed by atoms with Gasteiger partial charge in [0.15, 0.2) is 5.11 Å². The molecule has 2 rings (SSSR count). The molecule has 1 aromatic carbocycles. The van der Waals surface area contributed by atoms with E-state index >= 15 is 0 Å². The molecule has 0 aromatic heterocycles. The Bertz CT molecular complexity index is 467. The number of hydrogen-bond donors (Lipinski definition) is 2. The summed E-state index contributed by atoms with van der Waals surface area (Å²) in [4.78, 5) is 2.56. The zero-order valence-electron chi connectivity index (χ0n) is 12.6. The van der Waals surface area contributed by atoms with Crippen LogP contribution >= 0.6 is 23.8 Å². The van der Waals surface area contributed by atoms with E-state index in [1.54, 1.807) is 0 Å². The second-order valence-electron chi connectivity index (χ2n) is 5.76. The lowest BCUT2D eigenvalue weighted by Gasteiger charge is -2.30. The van der Waals surface area contributed by atoms with Crippen LogP contribution in [0.25, 0.3) is 0 Å². The summed E-state index contributed by atoms with van der Waals surface area (Å²) in [5.74, 6) is 0.842. The quantitative estimate of drug-likeness (QED) is 0.637. The number of piperidine rings is 1. The molecule has 0 saturated carbocycles. The van der Waals surface area contributed by atoms with Gasteiger partial charge < -0.3 is 15.5 Å². The summed E-state index contributed by atoms with van der Waals surface area (Å²) in [7, 11) is 0. The van der Waals surface area contributed by atoms with Crippen molar-refractivity contribution < 1.29 is 0 Å². The zero-order chi connectivity index (χ0) is 15.1. The van der Waals surface area contributed by atoms with Crippen LogP contribution in [0.15, 0.2) is 24.3 Å². The highest BCUT2D eigenvalue weighted by Crippen LogP contribution is 2.20. The predicted molar refractivity (Wildman–Crippen MR) is 95.1 cm³/mol. The predicted octanol–water partition coefficient (Wildman–Crippen LogP) is 3.75. The molecule has 0 spiro atoms. The molecule has 1 fully saturated rings. The van der Waals surface area contributed by atoms with Crippen LogP contribution in [0.2, 0.25) is 5.02 Å². The lowest BCUT2D eigenvalue weighted by atomic mass is 10.0. The Morgan fingerprint density at radius 2 is 2.24 bits per heavy atom. The molecule has 0 amide bonds. The maximum absolute atomic E-state index is 6.09. The van der Waals surface area contributed by atoms with Crippen molar-refractivity contribution in [1.29, 1.82) is 0 Å². The fourth-order valence-electron chi connectivity index (χ4n) is 2.72. The van der Waals surface area contributed by atoms with E-state index in [1.165, 1.54) is 25.9 Å². The normalized spacial score (nSPS) is 19.2. The summed E-state index contributed by atoms with van der Waals surface area (Å²) in [5.41, 5.74) is 0.849. The van der Waals surface area contributed by atoms with Crippen LogP contribution in [0.4, 0.5) is 5.69 Å². The van der Waals surface area contributed by atoms with Gasteiger partial charge in [0, 0.05) is 13.1 Å². The minimum Gasteiger partial charge on any atom is -0.362 e. The van der Waals surface area contributed by atoms with E-state index in [2.05, 4.69) is 22.5 Å². The first-order valence-electron chi connectivity index (χ1n) is 7.67. The van der Waals surface area contributed by atoms with Crippen molar-refractivity contribution in [2.75, 3.05) is 31.5 Å². The van der Waals surface area contributed by atoms with E-state index < -0.39 is 0 Å². The largest absolute Gasteiger partial charge is 0.362 e. The number of rotatable bonds is 5. The van der Waals surface area contributed by atoms with Gasteiger partial charge >= 0.3 is 0 Å². The second-order valence-corrected chi connectivity index (χ2v) is 6.58. The van der Waals surface area contributed by atoms with Gasteiger partial charge in [-0.3, -0.25) is 0 Å². The van der Waals surface area contributed by atoms with E-state index in [4.69, 9.17) is 23.8 Å². The van der Waals surface area contributed by atoms with E-state index in [0.717, 1.165) is 31.1 Å². The van der Waals surface area contributed by atoms with Crippen LogP contribution in [0.5, 0.6) is 0 Å². The Labute approximate surface area is 138 Å². The average Bonchev–Trinajstić information content (AvgIpc) is 2.46. The number of halogens is 1. The number of hydrogen-bond acceptors (Lipinski definition) is 2. The van der Waals surface area contributed by atoms with Gasteiger partial charge in [-0.1, -0.05) is 30.7 Å². The Morgan fingerprint density at radius 1 is 1.43 bits per heavy atom. The zero-order valence-corrected chi connectivity index (χ0v) is 14.1. The SMILES string of the molecule is CC1CCCN(CCCNC(=S)Nc2ccccc2Cl)C1. The molecule has 5 heteroatoms. The number of nitrogens with one attached hydrogen (secondary N) is 2. The minimum absolute atomic E-state index is 0.634. The summed E-state index contributed by atoms with van der Waals surface area (Å²) in [6.45, 7) is 6.86. The molecule has 1 unspecified atom stereocenters.